The summed E-state index contributed by atoms with van der Waals surface area (Å²) in [6.07, 6.45) is 2.20. The van der Waals surface area contributed by atoms with Crippen LogP contribution >= 0.6 is 0 Å². The first-order chi connectivity index (χ1) is 13.0. The zero-order chi connectivity index (χ0) is 19.4. The van der Waals surface area contributed by atoms with Gasteiger partial charge in [0.1, 0.15) is 5.56 Å². The molecule has 2 heterocycles. The zero-order valence-corrected chi connectivity index (χ0v) is 15.7. The zero-order valence-electron chi connectivity index (χ0n) is 15.7. The number of carbonyl (C=O) groups is 1. The van der Waals surface area contributed by atoms with Crippen LogP contribution in [0.4, 0.5) is 0 Å². The van der Waals surface area contributed by atoms with Crippen LogP contribution in [0.3, 0.4) is 0 Å². The molecule has 1 aromatic heterocycles. The fraction of sp³-hybridized carbons (Fsp3) is 0.381. The number of nitrogens with zero attached hydrogens (tertiary/aromatic N) is 3. The Hall–Kier alpha value is -2.91. The highest BCUT2D eigenvalue weighted by Gasteiger charge is 2.24. The van der Waals surface area contributed by atoms with Gasteiger partial charge in [-0.25, -0.2) is 0 Å². The smallest absolute Gasteiger partial charge is 0.268 e. The Balaban J connectivity index is 1.85. The molecule has 1 unspecified atom stereocenters. The SMILES string of the molecule is CCN1CCCC1CNC(=O)c1ccc(C)n(-c2cccc(C#N)c2)c1=O. The van der Waals surface area contributed by atoms with Crippen LogP contribution in [0.5, 0.6) is 0 Å². The van der Waals surface area contributed by atoms with Gasteiger partial charge < -0.3 is 5.32 Å². The number of aromatic nitrogens is 1. The topological polar surface area (TPSA) is 78.1 Å². The van der Waals surface area contributed by atoms with E-state index in [0.717, 1.165) is 25.9 Å². The first-order valence-electron chi connectivity index (χ1n) is 9.30. The lowest BCUT2D eigenvalue weighted by molar-refractivity contribution is 0.0939. The lowest BCUT2D eigenvalue weighted by atomic mass is 10.1. The molecule has 6 heteroatoms. The number of rotatable bonds is 5. The lowest BCUT2D eigenvalue weighted by Gasteiger charge is -2.22. The van der Waals surface area contributed by atoms with E-state index in [2.05, 4.69) is 23.2 Å². The van der Waals surface area contributed by atoms with Gasteiger partial charge in [-0.2, -0.15) is 5.26 Å². The van der Waals surface area contributed by atoms with Crippen molar-refractivity contribution in [1.29, 1.82) is 5.26 Å². The van der Waals surface area contributed by atoms with Gasteiger partial charge in [0.05, 0.1) is 17.3 Å². The number of pyridine rings is 1. The lowest BCUT2D eigenvalue weighted by Crippen LogP contribution is -2.41. The van der Waals surface area contributed by atoms with Crippen molar-refractivity contribution in [2.45, 2.75) is 32.7 Å². The fourth-order valence-electron chi connectivity index (χ4n) is 3.69. The molecular formula is C21H24N4O2. The Morgan fingerprint density at radius 3 is 2.89 bits per heavy atom. The summed E-state index contributed by atoms with van der Waals surface area (Å²) in [5.41, 5.74) is 1.50. The fourth-order valence-corrected chi connectivity index (χ4v) is 3.69. The van der Waals surface area contributed by atoms with E-state index < -0.39 is 0 Å². The Labute approximate surface area is 159 Å². The number of nitrogens with one attached hydrogen (secondary N) is 1. The first kappa shape index (κ1) is 18.9. The second-order valence-electron chi connectivity index (χ2n) is 6.83. The summed E-state index contributed by atoms with van der Waals surface area (Å²) in [4.78, 5) is 27.9. The monoisotopic (exact) mass is 364 g/mol. The summed E-state index contributed by atoms with van der Waals surface area (Å²) in [7, 11) is 0. The van der Waals surface area contributed by atoms with Gasteiger partial charge in [0.15, 0.2) is 0 Å². The van der Waals surface area contributed by atoms with Crippen LogP contribution in [0.15, 0.2) is 41.2 Å². The van der Waals surface area contributed by atoms with Crippen molar-refractivity contribution >= 4 is 5.91 Å². The van der Waals surface area contributed by atoms with E-state index in [1.807, 2.05) is 0 Å². The van der Waals surface area contributed by atoms with Gasteiger partial charge in [-0.1, -0.05) is 13.0 Å². The van der Waals surface area contributed by atoms with E-state index in [-0.39, 0.29) is 17.0 Å². The number of nitriles is 1. The Morgan fingerprint density at radius 1 is 1.33 bits per heavy atom. The number of carbonyl (C=O) groups excluding carboxylic acids is 1. The number of benzene rings is 1. The van der Waals surface area contributed by atoms with Crippen molar-refractivity contribution in [2.75, 3.05) is 19.6 Å². The molecule has 1 aliphatic heterocycles. The van der Waals surface area contributed by atoms with Gasteiger partial charge >= 0.3 is 0 Å². The molecule has 1 amide bonds. The van der Waals surface area contributed by atoms with Crippen LogP contribution in [0, 0.1) is 18.3 Å². The molecule has 1 aromatic carbocycles. The standard InChI is InChI=1S/C21H24N4O2/c1-3-24-11-5-8-18(24)14-23-20(26)19-10-9-15(2)25(21(19)27)17-7-4-6-16(12-17)13-22/h4,6-7,9-10,12,18H,3,5,8,11,14H2,1-2H3,(H,23,26). The maximum atomic E-state index is 13.0. The highest BCUT2D eigenvalue weighted by Crippen LogP contribution is 2.16. The van der Waals surface area contributed by atoms with Crippen molar-refractivity contribution < 1.29 is 4.79 Å². The number of hydrogen-bond acceptors (Lipinski definition) is 4. The Morgan fingerprint density at radius 2 is 2.15 bits per heavy atom. The average molecular weight is 364 g/mol. The summed E-state index contributed by atoms with van der Waals surface area (Å²) in [5, 5.41) is 12.0. The summed E-state index contributed by atoms with van der Waals surface area (Å²) in [6, 6.07) is 12.5. The van der Waals surface area contributed by atoms with E-state index in [1.165, 1.54) is 4.57 Å². The molecule has 2 aromatic rings. The van der Waals surface area contributed by atoms with Gasteiger partial charge in [0.2, 0.25) is 0 Å². The van der Waals surface area contributed by atoms with Gasteiger partial charge in [-0.3, -0.25) is 19.1 Å². The molecule has 140 valence electrons. The minimum atomic E-state index is -0.374. The largest absolute Gasteiger partial charge is 0.350 e. The quantitative estimate of drug-likeness (QED) is 0.882. The van der Waals surface area contributed by atoms with Gasteiger partial charge in [-0.15, -0.1) is 0 Å². The predicted octanol–water partition coefficient (Wildman–Crippen LogP) is 2.23. The molecule has 6 nitrogen and oxygen atoms in total. The third-order valence-electron chi connectivity index (χ3n) is 5.16. The van der Waals surface area contributed by atoms with Gasteiger partial charge in [0, 0.05) is 18.3 Å². The van der Waals surface area contributed by atoms with Crippen molar-refractivity contribution in [2.24, 2.45) is 0 Å². The molecule has 0 spiro atoms. The van der Waals surface area contributed by atoms with Crippen molar-refractivity contribution in [3.63, 3.8) is 0 Å². The Kier molecular flexibility index (Phi) is 5.72. The minimum absolute atomic E-state index is 0.115. The Bertz CT molecular complexity index is 942. The number of hydrogen-bond donors (Lipinski definition) is 1. The van der Waals surface area contributed by atoms with Gasteiger partial charge in [0.25, 0.3) is 11.5 Å². The third-order valence-corrected chi connectivity index (χ3v) is 5.16. The molecular weight excluding hydrogens is 340 g/mol. The maximum Gasteiger partial charge on any atom is 0.268 e. The van der Waals surface area contributed by atoms with Crippen LogP contribution in [0.25, 0.3) is 5.69 Å². The molecule has 1 N–H and O–H groups in total. The van der Waals surface area contributed by atoms with Crippen molar-refractivity contribution in [3.8, 4) is 11.8 Å². The number of aryl methyl sites for hydroxylation is 1. The molecule has 1 saturated heterocycles. The second-order valence-corrected chi connectivity index (χ2v) is 6.83. The van der Waals surface area contributed by atoms with Crippen LogP contribution < -0.4 is 10.9 Å². The number of amides is 1. The molecule has 1 atom stereocenters. The summed E-state index contributed by atoms with van der Waals surface area (Å²) in [6.45, 7) is 6.49. The normalized spacial score (nSPS) is 16.9. The van der Waals surface area contributed by atoms with Crippen LogP contribution in [-0.4, -0.2) is 41.1 Å². The van der Waals surface area contributed by atoms with E-state index >= 15 is 0 Å². The average Bonchev–Trinajstić information content (AvgIpc) is 3.14. The highest BCUT2D eigenvalue weighted by molar-refractivity contribution is 5.93. The van der Waals surface area contributed by atoms with E-state index in [4.69, 9.17) is 5.26 Å². The molecule has 3 rings (SSSR count). The minimum Gasteiger partial charge on any atom is -0.350 e. The van der Waals surface area contributed by atoms with Crippen LogP contribution in [-0.2, 0) is 0 Å². The highest BCUT2D eigenvalue weighted by atomic mass is 16.2. The third kappa shape index (κ3) is 3.93. The molecule has 0 aliphatic carbocycles. The first-order valence-corrected chi connectivity index (χ1v) is 9.30. The number of likely N-dealkylation sites (tertiary alicyclic amines) is 1. The molecule has 1 fully saturated rings. The van der Waals surface area contributed by atoms with Crippen LogP contribution in [0.2, 0.25) is 0 Å². The summed E-state index contributed by atoms with van der Waals surface area (Å²) >= 11 is 0. The predicted molar refractivity (Wildman–Crippen MR) is 104 cm³/mol. The van der Waals surface area contributed by atoms with E-state index in [1.54, 1.807) is 43.3 Å². The van der Waals surface area contributed by atoms with E-state index in [9.17, 15) is 9.59 Å². The summed E-state index contributed by atoms with van der Waals surface area (Å²) < 4.78 is 1.48. The number of likely N-dealkylation sites (N-methyl/N-ethyl adjacent to an activating group) is 1. The molecule has 0 bridgehead atoms. The second kappa shape index (κ2) is 8.19. The van der Waals surface area contributed by atoms with Crippen molar-refractivity contribution in [1.82, 2.24) is 14.8 Å². The van der Waals surface area contributed by atoms with Crippen LogP contribution in [0.1, 0.15) is 41.4 Å². The van der Waals surface area contributed by atoms with E-state index in [0.29, 0.717) is 29.5 Å². The van der Waals surface area contributed by atoms with Gasteiger partial charge in [-0.05, 0) is 63.2 Å². The maximum absolute atomic E-state index is 13.0. The molecule has 0 radical (unpaired) electrons. The molecule has 1 aliphatic rings. The molecule has 0 saturated carbocycles. The van der Waals surface area contributed by atoms with Crippen molar-refractivity contribution in [3.05, 3.63) is 63.6 Å². The summed E-state index contributed by atoms with van der Waals surface area (Å²) in [5.74, 6) is -0.354. The molecule has 27 heavy (non-hydrogen) atoms.